The molecule has 1 fully saturated rings. The number of carbonyl (C=O) groups excluding carboxylic acids is 2. The third-order valence-corrected chi connectivity index (χ3v) is 4.17. The molecule has 4 heteroatoms. The normalized spacial score (nSPS) is 17.8. The fourth-order valence-electron chi connectivity index (χ4n) is 2.77. The molecular weight excluding hydrogens is 266 g/mol. The van der Waals surface area contributed by atoms with Crippen LogP contribution in [-0.4, -0.2) is 28.9 Å². The zero-order valence-electron chi connectivity index (χ0n) is 12.5. The fraction of sp³-hybridized carbons (Fsp3) is 0.529. The van der Waals surface area contributed by atoms with Gasteiger partial charge in [0.25, 0.3) is 5.91 Å². The highest BCUT2D eigenvalue weighted by Gasteiger charge is 2.28. The number of ketones is 1. The van der Waals surface area contributed by atoms with Crippen LogP contribution in [0.25, 0.3) is 0 Å². The largest absolute Gasteiger partial charge is 0.388 e. The van der Waals surface area contributed by atoms with Crippen molar-refractivity contribution < 1.29 is 14.7 Å². The van der Waals surface area contributed by atoms with E-state index in [-0.39, 0.29) is 11.7 Å². The van der Waals surface area contributed by atoms with Gasteiger partial charge in [-0.05, 0) is 31.9 Å². The van der Waals surface area contributed by atoms with Crippen molar-refractivity contribution >= 4 is 11.7 Å². The maximum atomic E-state index is 12.1. The van der Waals surface area contributed by atoms with E-state index in [0.717, 1.165) is 38.5 Å². The van der Waals surface area contributed by atoms with Gasteiger partial charge in [0.1, 0.15) is 0 Å². The topological polar surface area (TPSA) is 66.4 Å². The van der Waals surface area contributed by atoms with Gasteiger partial charge in [0, 0.05) is 17.7 Å². The van der Waals surface area contributed by atoms with Gasteiger partial charge in [0.2, 0.25) is 0 Å². The van der Waals surface area contributed by atoms with E-state index in [1.54, 1.807) is 24.3 Å². The van der Waals surface area contributed by atoms with E-state index in [1.807, 2.05) is 0 Å². The summed E-state index contributed by atoms with van der Waals surface area (Å²) in [5.41, 5.74) is 0.331. The molecule has 2 rings (SSSR count). The molecule has 1 aromatic carbocycles. The van der Waals surface area contributed by atoms with Gasteiger partial charge in [0.15, 0.2) is 5.78 Å². The predicted octanol–water partition coefficient (Wildman–Crippen LogP) is 2.70. The van der Waals surface area contributed by atoms with Crippen LogP contribution in [0.2, 0.25) is 0 Å². The maximum Gasteiger partial charge on any atom is 0.251 e. The second-order valence-corrected chi connectivity index (χ2v) is 5.95. The number of hydrogen-bond acceptors (Lipinski definition) is 3. The van der Waals surface area contributed by atoms with Crippen molar-refractivity contribution in [2.45, 2.75) is 51.0 Å². The van der Waals surface area contributed by atoms with E-state index >= 15 is 0 Å². The molecule has 1 saturated carbocycles. The lowest BCUT2D eigenvalue weighted by molar-refractivity contribution is 0.0246. The summed E-state index contributed by atoms with van der Waals surface area (Å²) in [5, 5.41) is 13.3. The molecule has 1 amide bonds. The summed E-state index contributed by atoms with van der Waals surface area (Å²) in [5.74, 6) is -0.225. The highest BCUT2D eigenvalue weighted by molar-refractivity contribution is 5.97. The maximum absolute atomic E-state index is 12.1. The molecule has 1 aliphatic carbocycles. The third-order valence-electron chi connectivity index (χ3n) is 4.17. The Kier molecular flexibility index (Phi) is 5.12. The number of benzene rings is 1. The Balaban J connectivity index is 1.93. The van der Waals surface area contributed by atoms with Gasteiger partial charge in [-0.15, -0.1) is 0 Å². The van der Waals surface area contributed by atoms with Crippen LogP contribution in [0.3, 0.4) is 0 Å². The van der Waals surface area contributed by atoms with Crippen LogP contribution in [0.5, 0.6) is 0 Å². The molecule has 0 atom stereocenters. The van der Waals surface area contributed by atoms with Crippen LogP contribution in [0.1, 0.15) is 66.2 Å². The van der Waals surface area contributed by atoms with Crippen LogP contribution in [0.15, 0.2) is 24.3 Å². The standard InChI is InChI=1S/C17H23NO3/c1-13(19)14-6-8-15(9-7-14)16(20)18-12-17(21)10-4-2-3-5-11-17/h6-9,21H,2-5,10-12H2,1H3,(H,18,20). The Morgan fingerprint density at radius 3 is 2.10 bits per heavy atom. The van der Waals surface area contributed by atoms with Crippen molar-refractivity contribution in [3.63, 3.8) is 0 Å². The van der Waals surface area contributed by atoms with Crippen molar-refractivity contribution in [2.75, 3.05) is 6.54 Å². The Hall–Kier alpha value is -1.68. The van der Waals surface area contributed by atoms with E-state index < -0.39 is 5.60 Å². The second-order valence-electron chi connectivity index (χ2n) is 5.95. The Bertz CT molecular complexity index is 499. The molecule has 0 unspecified atom stereocenters. The van der Waals surface area contributed by atoms with Gasteiger partial charge in [0.05, 0.1) is 5.60 Å². The third kappa shape index (κ3) is 4.39. The van der Waals surface area contributed by atoms with Crippen molar-refractivity contribution in [1.29, 1.82) is 0 Å². The molecule has 1 aromatic rings. The average Bonchev–Trinajstić information content (AvgIpc) is 2.70. The first-order valence-electron chi connectivity index (χ1n) is 7.62. The Morgan fingerprint density at radius 2 is 1.57 bits per heavy atom. The number of amides is 1. The van der Waals surface area contributed by atoms with Crippen molar-refractivity contribution in [1.82, 2.24) is 5.32 Å². The molecule has 0 spiro atoms. The van der Waals surface area contributed by atoms with E-state index in [1.165, 1.54) is 6.92 Å². The summed E-state index contributed by atoms with van der Waals surface area (Å²) in [6.45, 7) is 1.79. The lowest BCUT2D eigenvalue weighted by Gasteiger charge is -2.26. The zero-order valence-corrected chi connectivity index (χ0v) is 12.5. The van der Waals surface area contributed by atoms with Gasteiger partial charge >= 0.3 is 0 Å². The number of nitrogens with one attached hydrogen (secondary N) is 1. The SMILES string of the molecule is CC(=O)c1ccc(C(=O)NCC2(O)CCCCCC2)cc1. The predicted molar refractivity (Wildman–Crippen MR) is 81.4 cm³/mol. The van der Waals surface area contributed by atoms with Crippen LogP contribution in [0.4, 0.5) is 0 Å². The van der Waals surface area contributed by atoms with Gasteiger partial charge in [-0.2, -0.15) is 0 Å². The first-order valence-corrected chi connectivity index (χ1v) is 7.62. The quantitative estimate of drug-likeness (QED) is 0.661. The smallest absolute Gasteiger partial charge is 0.251 e. The molecule has 0 bridgehead atoms. The average molecular weight is 289 g/mol. The van der Waals surface area contributed by atoms with E-state index in [0.29, 0.717) is 17.7 Å². The summed E-state index contributed by atoms with van der Waals surface area (Å²) in [7, 11) is 0. The number of Topliss-reactive ketones (excluding diaryl/α,β-unsaturated/α-hetero) is 1. The minimum absolute atomic E-state index is 0.0188. The molecule has 0 heterocycles. The number of carbonyl (C=O) groups is 2. The number of hydrogen-bond donors (Lipinski definition) is 2. The van der Waals surface area contributed by atoms with Crippen LogP contribution in [-0.2, 0) is 0 Å². The molecular formula is C17H23NO3. The molecule has 114 valence electrons. The second kappa shape index (κ2) is 6.85. The summed E-state index contributed by atoms with van der Waals surface area (Å²) in [6, 6.07) is 6.58. The first kappa shape index (κ1) is 15.7. The molecule has 0 saturated heterocycles. The van der Waals surface area contributed by atoms with Gasteiger partial charge < -0.3 is 10.4 Å². The fourth-order valence-corrected chi connectivity index (χ4v) is 2.77. The minimum Gasteiger partial charge on any atom is -0.388 e. The van der Waals surface area contributed by atoms with Gasteiger partial charge in [-0.3, -0.25) is 9.59 Å². The molecule has 2 N–H and O–H groups in total. The van der Waals surface area contributed by atoms with Crippen molar-refractivity contribution in [2.24, 2.45) is 0 Å². The summed E-state index contributed by atoms with van der Waals surface area (Å²) in [6.07, 6.45) is 5.83. The highest BCUT2D eigenvalue weighted by atomic mass is 16.3. The lowest BCUT2D eigenvalue weighted by atomic mass is 9.94. The summed E-state index contributed by atoms with van der Waals surface area (Å²) in [4.78, 5) is 23.3. The number of rotatable bonds is 4. The van der Waals surface area contributed by atoms with Gasteiger partial charge in [-0.25, -0.2) is 0 Å². The Morgan fingerprint density at radius 1 is 1.05 bits per heavy atom. The first-order chi connectivity index (χ1) is 10.0. The molecule has 1 aliphatic rings. The zero-order chi connectivity index (χ0) is 15.3. The van der Waals surface area contributed by atoms with Crippen LogP contribution < -0.4 is 5.32 Å². The molecule has 0 aromatic heterocycles. The van der Waals surface area contributed by atoms with E-state index in [4.69, 9.17) is 0 Å². The summed E-state index contributed by atoms with van der Waals surface area (Å²) >= 11 is 0. The van der Waals surface area contributed by atoms with E-state index in [2.05, 4.69) is 5.32 Å². The molecule has 4 nitrogen and oxygen atoms in total. The van der Waals surface area contributed by atoms with Crippen molar-refractivity contribution in [3.05, 3.63) is 35.4 Å². The molecule has 21 heavy (non-hydrogen) atoms. The minimum atomic E-state index is -0.772. The summed E-state index contributed by atoms with van der Waals surface area (Å²) < 4.78 is 0. The van der Waals surface area contributed by atoms with E-state index in [9.17, 15) is 14.7 Å². The number of aliphatic hydroxyl groups is 1. The highest BCUT2D eigenvalue weighted by Crippen LogP contribution is 2.26. The Labute approximate surface area is 125 Å². The van der Waals surface area contributed by atoms with Crippen molar-refractivity contribution in [3.8, 4) is 0 Å². The lowest BCUT2D eigenvalue weighted by Crippen LogP contribution is -2.42. The molecule has 0 aliphatic heterocycles. The van der Waals surface area contributed by atoms with Crippen LogP contribution in [0, 0.1) is 0 Å². The monoisotopic (exact) mass is 289 g/mol. The molecule has 0 radical (unpaired) electrons. The van der Waals surface area contributed by atoms with Gasteiger partial charge in [-0.1, -0.05) is 37.8 Å². The van der Waals surface area contributed by atoms with Crippen LogP contribution >= 0.6 is 0 Å².